The summed E-state index contributed by atoms with van der Waals surface area (Å²) in [4.78, 5) is 9.09. The highest BCUT2D eigenvalue weighted by molar-refractivity contribution is 7.91. The summed E-state index contributed by atoms with van der Waals surface area (Å²) in [6.07, 6.45) is 2.26. The highest BCUT2D eigenvalue weighted by atomic mass is 32.2. The molecule has 0 bridgehead atoms. The highest BCUT2D eigenvalue weighted by Crippen LogP contribution is 2.14. The van der Waals surface area contributed by atoms with Crippen LogP contribution in [0.15, 0.2) is 40.2 Å². The highest BCUT2D eigenvalue weighted by Gasteiger charge is 2.22. The predicted molar refractivity (Wildman–Crippen MR) is 110 cm³/mol. The lowest BCUT2D eigenvalue weighted by Crippen LogP contribution is -2.47. The molecule has 2 aromatic rings. The molecule has 0 saturated carbocycles. The second-order valence-electron chi connectivity index (χ2n) is 6.92. The number of rotatable bonds is 8. The van der Waals surface area contributed by atoms with Gasteiger partial charge in [-0.2, -0.15) is 5.10 Å². The zero-order valence-electron chi connectivity index (χ0n) is 16.8. The number of aryl methyl sites for hydroxylation is 1. The van der Waals surface area contributed by atoms with Crippen LogP contribution in [0.2, 0.25) is 0 Å². The molecule has 10 heteroatoms. The molecule has 9 nitrogen and oxygen atoms in total. The predicted octanol–water partition coefficient (Wildman–Crippen LogP) is 0.768. The Bertz CT molecular complexity index is 927. The van der Waals surface area contributed by atoms with Gasteiger partial charge in [-0.3, -0.25) is 4.99 Å². The van der Waals surface area contributed by atoms with E-state index < -0.39 is 9.84 Å². The Labute approximate surface area is 171 Å². The van der Waals surface area contributed by atoms with E-state index in [-0.39, 0.29) is 11.8 Å². The first-order chi connectivity index (χ1) is 14.0. The fourth-order valence-corrected chi connectivity index (χ4v) is 4.60. The van der Waals surface area contributed by atoms with E-state index in [0.717, 1.165) is 18.7 Å². The van der Waals surface area contributed by atoms with Crippen LogP contribution in [0, 0.1) is 0 Å². The van der Waals surface area contributed by atoms with Crippen molar-refractivity contribution in [3.8, 4) is 0 Å². The molecule has 1 aliphatic heterocycles. The molecule has 0 spiro atoms. The van der Waals surface area contributed by atoms with Crippen molar-refractivity contribution in [3.63, 3.8) is 0 Å². The van der Waals surface area contributed by atoms with Gasteiger partial charge in [0.1, 0.15) is 12.4 Å². The number of hydrogen-bond acceptors (Lipinski definition) is 6. The first kappa shape index (κ1) is 21.3. The van der Waals surface area contributed by atoms with Gasteiger partial charge in [-0.05, 0) is 25.0 Å². The van der Waals surface area contributed by atoms with E-state index in [1.54, 1.807) is 38.4 Å². The molecule has 158 valence electrons. The van der Waals surface area contributed by atoms with Crippen molar-refractivity contribution in [1.29, 1.82) is 0 Å². The van der Waals surface area contributed by atoms with Crippen LogP contribution < -0.4 is 10.6 Å². The number of ether oxygens (including phenoxy) is 1. The van der Waals surface area contributed by atoms with Gasteiger partial charge in [-0.15, -0.1) is 0 Å². The van der Waals surface area contributed by atoms with Gasteiger partial charge in [-0.25, -0.2) is 18.1 Å². The molecular weight excluding hydrogens is 392 g/mol. The SMILES string of the molecule is CN=C(NCCCS(=O)(=O)c1ccccc1)NC1CCc2nc(COC)nn2C1. The van der Waals surface area contributed by atoms with E-state index in [2.05, 4.69) is 25.7 Å². The Balaban J connectivity index is 1.45. The Morgan fingerprint density at radius 3 is 2.86 bits per heavy atom. The topological polar surface area (TPSA) is 110 Å². The Morgan fingerprint density at radius 1 is 1.34 bits per heavy atom. The van der Waals surface area contributed by atoms with E-state index in [1.807, 2.05) is 10.7 Å². The molecule has 0 fully saturated rings. The number of fused-ring (bicyclic) bond motifs is 1. The first-order valence-electron chi connectivity index (χ1n) is 9.68. The van der Waals surface area contributed by atoms with E-state index in [1.165, 1.54) is 0 Å². The Morgan fingerprint density at radius 2 is 2.14 bits per heavy atom. The number of hydrogen-bond donors (Lipinski definition) is 2. The maximum atomic E-state index is 12.3. The van der Waals surface area contributed by atoms with Gasteiger partial charge in [0, 0.05) is 33.2 Å². The average molecular weight is 421 g/mol. The second-order valence-corrected chi connectivity index (χ2v) is 9.03. The fourth-order valence-electron chi connectivity index (χ4n) is 3.27. The number of guanidine groups is 1. The molecule has 1 aromatic heterocycles. The molecule has 2 N–H and O–H groups in total. The summed E-state index contributed by atoms with van der Waals surface area (Å²) >= 11 is 0. The van der Waals surface area contributed by atoms with Crippen LogP contribution in [0.4, 0.5) is 0 Å². The standard InChI is InChI=1S/C19H28N6O3S/c1-20-19(21-11-6-12-29(26,27)16-7-4-3-5-8-16)22-15-9-10-18-23-17(14-28-2)24-25(18)13-15/h3-5,7-8,15H,6,9-14H2,1-2H3,(H2,20,21,22). The molecule has 1 aliphatic rings. The number of aliphatic imine (C=N–C) groups is 1. The van der Waals surface area contributed by atoms with Crippen molar-refractivity contribution in [2.24, 2.45) is 4.99 Å². The van der Waals surface area contributed by atoms with E-state index in [9.17, 15) is 8.42 Å². The summed E-state index contributed by atoms with van der Waals surface area (Å²) in [5.41, 5.74) is 0. The summed E-state index contributed by atoms with van der Waals surface area (Å²) in [5, 5.41) is 11.1. The zero-order chi connectivity index (χ0) is 20.7. The number of aromatic nitrogens is 3. The van der Waals surface area contributed by atoms with E-state index in [0.29, 0.717) is 42.8 Å². The van der Waals surface area contributed by atoms with Crippen LogP contribution in [-0.2, 0) is 34.1 Å². The van der Waals surface area contributed by atoms with Gasteiger partial charge in [0.25, 0.3) is 0 Å². The van der Waals surface area contributed by atoms with Crippen molar-refractivity contribution in [2.75, 3.05) is 26.5 Å². The third-order valence-electron chi connectivity index (χ3n) is 4.72. The van der Waals surface area contributed by atoms with Gasteiger partial charge in [-0.1, -0.05) is 18.2 Å². The minimum atomic E-state index is -3.26. The summed E-state index contributed by atoms with van der Waals surface area (Å²) in [6.45, 7) is 1.63. The molecule has 1 aromatic carbocycles. The Kier molecular flexibility index (Phi) is 7.21. The van der Waals surface area contributed by atoms with Gasteiger partial charge < -0.3 is 15.4 Å². The molecule has 0 saturated heterocycles. The summed E-state index contributed by atoms with van der Waals surface area (Å²) in [5.74, 6) is 2.43. The zero-order valence-corrected chi connectivity index (χ0v) is 17.7. The average Bonchev–Trinajstić information content (AvgIpc) is 3.13. The number of methoxy groups -OCH3 is 1. The quantitative estimate of drug-likeness (QED) is 0.369. The van der Waals surface area contributed by atoms with Crippen molar-refractivity contribution >= 4 is 15.8 Å². The lowest BCUT2D eigenvalue weighted by Gasteiger charge is -2.25. The van der Waals surface area contributed by atoms with Crippen LogP contribution in [-0.4, -0.2) is 61.6 Å². The minimum Gasteiger partial charge on any atom is -0.377 e. The summed E-state index contributed by atoms with van der Waals surface area (Å²) in [6, 6.07) is 8.71. The molecule has 0 aliphatic carbocycles. The lowest BCUT2D eigenvalue weighted by atomic mass is 10.1. The summed E-state index contributed by atoms with van der Waals surface area (Å²) < 4.78 is 31.7. The molecule has 3 rings (SSSR count). The normalized spacial score (nSPS) is 17.0. The summed E-state index contributed by atoms with van der Waals surface area (Å²) in [7, 11) is 0.0778. The number of benzene rings is 1. The van der Waals surface area contributed by atoms with Crippen molar-refractivity contribution in [3.05, 3.63) is 42.0 Å². The maximum Gasteiger partial charge on any atom is 0.191 e. The van der Waals surface area contributed by atoms with Crippen molar-refractivity contribution in [2.45, 2.75) is 43.4 Å². The smallest absolute Gasteiger partial charge is 0.191 e. The van der Waals surface area contributed by atoms with Crippen molar-refractivity contribution in [1.82, 2.24) is 25.4 Å². The number of sulfone groups is 1. The molecule has 0 radical (unpaired) electrons. The van der Waals surface area contributed by atoms with Crippen LogP contribution >= 0.6 is 0 Å². The largest absolute Gasteiger partial charge is 0.377 e. The maximum absolute atomic E-state index is 12.3. The molecule has 1 atom stereocenters. The van der Waals surface area contributed by atoms with Crippen LogP contribution in [0.25, 0.3) is 0 Å². The minimum absolute atomic E-state index is 0.0923. The second kappa shape index (κ2) is 9.84. The Hall–Kier alpha value is -2.46. The molecular formula is C19H28N6O3S. The van der Waals surface area contributed by atoms with Crippen LogP contribution in [0.3, 0.4) is 0 Å². The van der Waals surface area contributed by atoms with E-state index in [4.69, 9.17) is 4.74 Å². The van der Waals surface area contributed by atoms with Gasteiger partial charge >= 0.3 is 0 Å². The van der Waals surface area contributed by atoms with Crippen LogP contribution in [0.5, 0.6) is 0 Å². The molecule has 29 heavy (non-hydrogen) atoms. The molecule has 2 heterocycles. The van der Waals surface area contributed by atoms with Crippen molar-refractivity contribution < 1.29 is 13.2 Å². The third kappa shape index (κ3) is 5.77. The van der Waals surface area contributed by atoms with Gasteiger partial charge in [0.2, 0.25) is 0 Å². The van der Waals surface area contributed by atoms with Crippen LogP contribution in [0.1, 0.15) is 24.5 Å². The van der Waals surface area contributed by atoms with Gasteiger partial charge in [0.15, 0.2) is 21.6 Å². The fraction of sp³-hybridized carbons (Fsp3) is 0.526. The number of nitrogens with zero attached hydrogens (tertiary/aromatic N) is 4. The van der Waals surface area contributed by atoms with Gasteiger partial charge in [0.05, 0.1) is 17.2 Å². The third-order valence-corrected chi connectivity index (χ3v) is 6.54. The molecule has 1 unspecified atom stereocenters. The number of nitrogens with one attached hydrogen (secondary N) is 2. The lowest BCUT2D eigenvalue weighted by molar-refractivity contribution is 0.177. The van der Waals surface area contributed by atoms with E-state index >= 15 is 0 Å². The monoisotopic (exact) mass is 420 g/mol. The molecule has 0 amide bonds. The first-order valence-corrected chi connectivity index (χ1v) is 11.3.